The van der Waals surface area contributed by atoms with Crippen LogP contribution in [-0.4, -0.2) is 24.1 Å². The maximum atomic E-state index is 11.0. The molecule has 5 nitrogen and oxygen atoms in total. The molecule has 0 aromatic heterocycles. The van der Waals surface area contributed by atoms with E-state index in [4.69, 9.17) is 9.84 Å². The lowest BCUT2D eigenvalue weighted by molar-refractivity contribution is -0.150. The summed E-state index contributed by atoms with van der Waals surface area (Å²) in [6.07, 6.45) is 0. The number of ether oxygens (including phenoxy) is 1. The van der Waals surface area contributed by atoms with Crippen molar-refractivity contribution in [1.29, 1.82) is 0 Å². The first-order chi connectivity index (χ1) is 8.38. The van der Waals surface area contributed by atoms with Crippen LogP contribution in [0.15, 0.2) is 6.07 Å². The fourth-order valence-corrected chi connectivity index (χ4v) is 1.83. The van der Waals surface area contributed by atoms with E-state index in [1.807, 2.05) is 26.8 Å². The van der Waals surface area contributed by atoms with E-state index >= 15 is 0 Å². The van der Waals surface area contributed by atoms with Gasteiger partial charge < -0.3 is 15.2 Å². The zero-order valence-electron chi connectivity index (χ0n) is 11.0. The minimum Gasteiger partial charge on any atom is -0.496 e. The Labute approximate surface area is 106 Å². The summed E-state index contributed by atoms with van der Waals surface area (Å²) in [5, 5.41) is 10.9. The highest BCUT2D eigenvalue weighted by Crippen LogP contribution is 2.27. The number of aryl methyl sites for hydroxylation is 1. The van der Waals surface area contributed by atoms with Crippen molar-refractivity contribution < 1.29 is 19.4 Å². The first-order valence-corrected chi connectivity index (χ1v) is 5.53. The monoisotopic (exact) mass is 251 g/mol. The van der Waals surface area contributed by atoms with Gasteiger partial charge in [0.05, 0.1) is 7.11 Å². The van der Waals surface area contributed by atoms with Crippen LogP contribution < -0.4 is 10.1 Å². The minimum atomic E-state index is -1.48. The highest BCUT2D eigenvalue weighted by molar-refractivity contribution is 6.31. The maximum Gasteiger partial charge on any atom is 0.394 e. The average Bonchev–Trinajstić information content (AvgIpc) is 2.33. The quantitative estimate of drug-likeness (QED) is 0.794. The lowest BCUT2D eigenvalue weighted by Gasteiger charge is -2.16. The Morgan fingerprint density at radius 1 is 1.28 bits per heavy atom. The van der Waals surface area contributed by atoms with Crippen molar-refractivity contribution in [3.05, 3.63) is 28.3 Å². The Hall–Kier alpha value is -2.04. The van der Waals surface area contributed by atoms with Crippen LogP contribution >= 0.6 is 0 Å². The van der Waals surface area contributed by atoms with Gasteiger partial charge in [0.25, 0.3) is 0 Å². The molecule has 0 saturated carbocycles. The normalized spacial score (nSPS) is 10.0. The molecule has 1 aromatic carbocycles. The number of rotatable bonds is 3. The van der Waals surface area contributed by atoms with E-state index in [1.165, 1.54) is 0 Å². The van der Waals surface area contributed by atoms with Crippen molar-refractivity contribution in [2.24, 2.45) is 0 Å². The van der Waals surface area contributed by atoms with E-state index in [2.05, 4.69) is 5.32 Å². The SMILES string of the molecule is COc1cc(C)c(CNC(=O)C(=O)O)c(C)c1C. The largest absolute Gasteiger partial charge is 0.496 e. The molecule has 18 heavy (non-hydrogen) atoms. The molecule has 0 atom stereocenters. The molecule has 0 aliphatic heterocycles. The molecule has 0 aliphatic rings. The number of aliphatic carboxylic acids is 1. The molecule has 1 aromatic rings. The van der Waals surface area contributed by atoms with Crippen LogP contribution in [-0.2, 0) is 16.1 Å². The van der Waals surface area contributed by atoms with Gasteiger partial charge >= 0.3 is 11.9 Å². The van der Waals surface area contributed by atoms with E-state index in [9.17, 15) is 9.59 Å². The standard InChI is InChI=1S/C13H17NO4/c1-7-5-11(18-4)9(3)8(2)10(7)6-14-12(15)13(16)17/h5H,6H2,1-4H3,(H,14,15)(H,16,17). The molecule has 0 aliphatic carbocycles. The second-order valence-electron chi connectivity index (χ2n) is 4.11. The van der Waals surface area contributed by atoms with Crippen LogP contribution in [0.4, 0.5) is 0 Å². The summed E-state index contributed by atoms with van der Waals surface area (Å²) in [6.45, 7) is 5.95. The van der Waals surface area contributed by atoms with Gasteiger partial charge in [0.1, 0.15) is 5.75 Å². The van der Waals surface area contributed by atoms with Gasteiger partial charge in [-0.2, -0.15) is 0 Å². The minimum absolute atomic E-state index is 0.202. The molecular weight excluding hydrogens is 234 g/mol. The van der Waals surface area contributed by atoms with E-state index in [1.54, 1.807) is 7.11 Å². The number of methoxy groups -OCH3 is 1. The van der Waals surface area contributed by atoms with E-state index in [0.717, 1.165) is 28.0 Å². The molecule has 2 N–H and O–H groups in total. The summed E-state index contributed by atoms with van der Waals surface area (Å²) in [4.78, 5) is 21.4. The van der Waals surface area contributed by atoms with Crippen molar-refractivity contribution in [3.8, 4) is 5.75 Å². The third-order valence-corrected chi connectivity index (χ3v) is 3.05. The number of carbonyl (C=O) groups excluding carboxylic acids is 1. The smallest absolute Gasteiger partial charge is 0.394 e. The van der Waals surface area contributed by atoms with Gasteiger partial charge in [0.2, 0.25) is 0 Å². The predicted molar refractivity (Wildman–Crippen MR) is 66.7 cm³/mol. The van der Waals surface area contributed by atoms with Gasteiger partial charge in [-0.15, -0.1) is 0 Å². The van der Waals surface area contributed by atoms with Gasteiger partial charge in [-0.3, -0.25) is 4.79 Å². The highest BCUT2D eigenvalue weighted by Gasteiger charge is 2.14. The summed E-state index contributed by atoms with van der Waals surface area (Å²) in [7, 11) is 1.60. The van der Waals surface area contributed by atoms with Gasteiger partial charge in [-0.1, -0.05) is 0 Å². The number of carboxylic acids is 1. The number of hydrogen-bond donors (Lipinski definition) is 2. The molecule has 0 unspecified atom stereocenters. The Bertz CT molecular complexity index is 494. The summed E-state index contributed by atoms with van der Waals surface area (Å²) in [5.41, 5.74) is 3.86. The van der Waals surface area contributed by atoms with Gasteiger partial charge in [-0.25, -0.2) is 4.79 Å². The van der Waals surface area contributed by atoms with Gasteiger partial charge in [-0.05, 0) is 49.1 Å². The van der Waals surface area contributed by atoms with Crippen molar-refractivity contribution in [3.63, 3.8) is 0 Å². The van der Waals surface area contributed by atoms with E-state index < -0.39 is 11.9 Å². The summed E-state index contributed by atoms with van der Waals surface area (Å²) >= 11 is 0. The number of benzene rings is 1. The summed E-state index contributed by atoms with van der Waals surface area (Å²) < 4.78 is 5.24. The number of nitrogens with one attached hydrogen (secondary N) is 1. The zero-order chi connectivity index (χ0) is 13.9. The third kappa shape index (κ3) is 2.80. The number of carboxylic acid groups (broad SMARTS) is 1. The van der Waals surface area contributed by atoms with Gasteiger partial charge in [0.15, 0.2) is 0 Å². The molecule has 0 radical (unpaired) electrons. The predicted octanol–water partition coefficient (Wildman–Crippen LogP) is 1.32. The van der Waals surface area contributed by atoms with E-state index in [-0.39, 0.29) is 6.54 Å². The molecule has 0 saturated heterocycles. The fraction of sp³-hybridized carbons (Fsp3) is 0.385. The summed E-state index contributed by atoms with van der Waals surface area (Å²) in [6, 6.07) is 1.88. The van der Waals surface area contributed by atoms with Crippen molar-refractivity contribution >= 4 is 11.9 Å². The molecular formula is C13H17NO4. The van der Waals surface area contributed by atoms with Crippen LogP contribution in [0.5, 0.6) is 5.75 Å². The van der Waals surface area contributed by atoms with Crippen molar-refractivity contribution in [2.45, 2.75) is 27.3 Å². The van der Waals surface area contributed by atoms with Crippen LogP contribution in [0, 0.1) is 20.8 Å². The first kappa shape index (κ1) is 14.0. The average molecular weight is 251 g/mol. The molecule has 0 bridgehead atoms. The number of hydrogen-bond acceptors (Lipinski definition) is 3. The Kier molecular flexibility index (Phi) is 4.31. The van der Waals surface area contributed by atoms with Crippen molar-refractivity contribution in [2.75, 3.05) is 7.11 Å². The lowest BCUT2D eigenvalue weighted by atomic mass is 9.97. The zero-order valence-corrected chi connectivity index (χ0v) is 11.0. The second kappa shape index (κ2) is 5.53. The summed E-state index contributed by atoms with van der Waals surface area (Å²) in [5.74, 6) is -1.68. The van der Waals surface area contributed by atoms with Crippen LogP contribution in [0.3, 0.4) is 0 Å². The molecule has 1 amide bonds. The Morgan fingerprint density at radius 3 is 2.39 bits per heavy atom. The van der Waals surface area contributed by atoms with Crippen LogP contribution in [0.1, 0.15) is 22.3 Å². The van der Waals surface area contributed by atoms with Gasteiger partial charge in [0, 0.05) is 6.54 Å². The van der Waals surface area contributed by atoms with Crippen molar-refractivity contribution in [1.82, 2.24) is 5.32 Å². The first-order valence-electron chi connectivity index (χ1n) is 5.53. The van der Waals surface area contributed by atoms with E-state index in [0.29, 0.717) is 0 Å². The molecule has 0 heterocycles. The molecule has 98 valence electrons. The third-order valence-electron chi connectivity index (χ3n) is 3.05. The number of amides is 1. The second-order valence-corrected chi connectivity index (χ2v) is 4.11. The molecule has 1 rings (SSSR count). The molecule has 0 fully saturated rings. The number of carbonyl (C=O) groups is 2. The molecule has 5 heteroatoms. The Morgan fingerprint density at radius 2 is 1.89 bits per heavy atom. The molecule has 0 spiro atoms. The topological polar surface area (TPSA) is 75.6 Å². The van der Waals surface area contributed by atoms with Crippen LogP contribution in [0.25, 0.3) is 0 Å². The maximum absolute atomic E-state index is 11.0. The Balaban J connectivity index is 3.00. The van der Waals surface area contributed by atoms with Crippen LogP contribution in [0.2, 0.25) is 0 Å². The fourth-order valence-electron chi connectivity index (χ4n) is 1.83. The highest BCUT2D eigenvalue weighted by atomic mass is 16.5. The lowest BCUT2D eigenvalue weighted by Crippen LogP contribution is -2.30.